The van der Waals surface area contributed by atoms with Crippen molar-refractivity contribution in [3.8, 4) is 5.75 Å². The summed E-state index contributed by atoms with van der Waals surface area (Å²) in [4.78, 5) is 11.7. The fourth-order valence-corrected chi connectivity index (χ4v) is 1.94. The highest BCUT2D eigenvalue weighted by atomic mass is 79.9. The molecule has 88 valence electrons. The van der Waals surface area contributed by atoms with Gasteiger partial charge in [0.05, 0.1) is 19.3 Å². The van der Waals surface area contributed by atoms with Gasteiger partial charge in [-0.05, 0) is 31.0 Å². The van der Waals surface area contributed by atoms with Crippen LogP contribution in [-0.4, -0.2) is 19.7 Å². The number of hydrogen-bond donors (Lipinski definition) is 0. The van der Waals surface area contributed by atoms with E-state index in [0.29, 0.717) is 23.2 Å². The molecule has 0 unspecified atom stereocenters. The molecule has 0 radical (unpaired) electrons. The number of esters is 1. The first kappa shape index (κ1) is 13.0. The van der Waals surface area contributed by atoms with Gasteiger partial charge in [0.15, 0.2) is 0 Å². The number of alkyl halides is 1. The average Bonchev–Trinajstić information content (AvgIpc) is 2.28. The van der Waals surface area contributed by atoms with Gasteiger partial charge < -0.3 is 9.47 Å². The predicted molar refractivity (Wildman–Crippen MR) is 66.3 cm³/mol. The third kappa shape index (κ3) is 2.76. The number of rotatable bonds is 4. The molecule has 0 aliphatic rings. The van der Waals surface area contributed by atoms with E-state index in [4.69, 9.17) is 9.47 Å². The van der Waals surface area contributed by atoms with Gasteiger partial charge in [-0.1, -0.05) is 22.0 Å². The van der Waals surface area contributed by atoms with E-state index in [1.807, 2.05) is 13.0 Å². The zero-order valence-electron chi connectivity index (χ0n) is 9.67. The number of carbonyl (C=O) groups excluding carboxylic acids is 1. The van der Waals surface area contributed by atoms with Crippen LogP contribution in [0.3, 0.4) is 0 Å². The van der Waals surface area contributed by atoms with Gasteiger partial charge in [0, 0.05) is 5.33 Å². The van der Waals surface area contributed by atoms with E-state index < -0.39 is 0 Å². The normalized spacial score (nSPS) is 10.0. The van der Waals surface area contributed by atoms with Crippen LogP contribution in [0, 0.1) is 6.92 Å². The Labute approximate surface area is 104 Å². The molecule has 16 heavy (non-hydrogen) atoms. The highest BCUT2D eigenvalue weighted by molar-refractivity contribution is 9.08. The largest absolute Gasteiger partial charge is 0.496 e. The van der Waals surface area contributed by atoms with E-state index >= 15 is 0 Å². The van der Waals surface area contributed by atoms with Crippen LogP contribution in [0.25, 0.3) is 0 Å². The molecule has 0 saturated carbocycles. The Kier molecular flexibility index (Phi) is 4.80. The number of ether oxygens (including phenoxy) is 2. The lowest BCUT2D eigenvalue weighted by atomic mass is 10.0. The molecular weight excluding hydrogens is 272 g/mol. The summed E-state index contributed by atoms with van der Waals surface area (Å²) in [7, 11) is 1.59. The molecule has 0 aliphatic heterocycles. The van der Waals surface area contributed by atoms with Gasteiger partial charge in [0.1, 0.15) is 5.75 Å². The van der Waals surface area contributed by atoms with Crippen LogP contribution >= 0.6 is 15.9 Å². The first-order chi connectivity index (χ1) is 7.63. The molecule has 0 N–H and O–H groups in total. The zero-order chi connectivity index (χ0) is 12.1. The number of methoxy groups -OCH3 is 1. The van der Waals surface area contributed by atoms with Gasteiger partial charge in [0.25, 0.3) is 0 Å². The van der Waals surface area contributed by atoms with Crippen LogP contribution in [0.15, 0.2) is 12.1 Å². The number of benzene rings is 1. The van der Waals surface area contributed by atoms with Crippen LogP contribution in [0.1, 0.15) is 28.4 Å². The fraction of sp³-hybridized carbons (Fsp3) is 0.417. The molecule has 0 saturated heterocycles. The van der Waals surface area contributed by atoms with Crippen LogP contribution < -0.4 is 4.74 Å². The van der Waals surface area contributed by atoms with E-state index in [0.717, 1.165) is 11.1 Å². The van der Waals surface area contributed by atoms with Crippen LogP contribution in [0.4, 0.5) is 0 Å². The van der Waals surface area contributed by atoms with Crippen LogP contribution in [0.2, 0.25) is 0 Å². The molecule has 1 aromatic rings. The summed E-state index contributed by atoms with van der Waals surface area (Å²) < 4.78 is 10.2. The molecule has 0 aliphatic carbocycles. The Balaban J connectivity index is 3.19. The van der Waals surface area contributed by atoms with Gasteiger partial charge in [-0.25, -0.2) is 4.79 Å². The Morgan fingerprint density at radius 2 is 2.12 bits per heavy atom. The summed E-state index contributed by atoms with van der Waals surface area (Å²) in [5.41, 5.74) is 2.47. The third-order valence-electron chi connectivity index (χ3n) is 2.26. The first-order valence-electron chi connectivity index (χ1n) is 5.04. The van der Waals surface area contributed by atoms with Crippen molar-refractivity contribution in [3.63, 3.8) is 0 Å². The Hall–Kier alpha value is -1.03. The maximum Gasteiger partial charge on any atom is 0.338 e. The Morgan fingerprint density at radius 1 is 1.44 bits per heavy atom. The number of halogens is 1. The summed E-state index contributed by atoms with van der Waals surface area (Å²) >= 11 is 3.36. The molecule has 0 amide bonds. The molecule has 0 fully saturated rings. The quantitative estimate of drug-likeness (QED) is 0.630. The van der Waals surface area contributed by atoms with Crippen molar-refractivity contribution in [2.45, 2.75) is 19.2 Å². The third-order valence-corrected chi connectivity index (χ3v) is 2.86. The highest BCUT2D eigenvalue weighted by Gasteiger charge is 2.14. The highest BCUT2D eigenvalue weighted by Crippen LogP contribution is 2.25. The molecular formula is C12H15BrO3. The fourth-order valence-electron chi connectivity index (χ4n) is 1.48. The van der Waals surface area contributed by atoms with E-state index in [-0.39, 0.29) is 5.97 Å². The van der Waals surface area contributed by atoms with Gasteiger partial charge in [-0.2, -0.15) is 0 Å². The van der Waals surface area contributed by atoms with E-state index in [2.05, 4.69) is 15.9 Å². The summed E-state index contributed by atoms with van der Waals surface area (Å²) in [5.74, 6) is 0.392. The van der Waals surface area contributed by atoms with Crippen molar-refractivity contribution in [3.05, 3.63) is 28.8 Å². The molecule has 0 spiro atoms. The Bertz CT molecular complexity index is 388. The second-order valence-corrected chi connectivity index (χ2v) is 3.89. The molecule has 1 aromatic carbocycles. The molecule has 0 bridgehead atoms. The molecule has 1 rings (SSSR count). The van der Waals surface area contributed by atoms with Gasteiger partial charge >= 0.3 is 5.97 Å². The molecule has 0 heterocycles. The first-order valence-corrected chi connectivity index (χ1v) is 6.16. The van der Waals surface area contributed by atoms with Crippen molar-refractivity contribution >= 4 is 21.9 Å². The topological polar surface area (TPSA) is 35.5 Å². The minimum atomic E-state index is -0.310. The lowest BCUT2D eigenvalue weighted by Crippen LogP contribution is -2.08. The molecule has 4 heteroatoms. The SMILES string of the molecule is CCOC(=O)c1cc(OC)c(C)cc1CBr. The predicted octanol–water partition coefficient (Wildman–Crippen LogP) is 3.08. The zero-order valence-corrected chi connectivity index (χ0v) is 11.3. The lowest BCUT2D eigenvalue weighted by Gasteiger charge is -2.11. The second kappa shape index (κ2) is 5.89. The van der Waals surface area contributed by atoms with Gasteiger partial charge in [-0.3, -0.25) is 0 Å². The van der Waals surface area contributed by atoms with E-state index in [1.165, 1.54) is 0 Å². The van der Waals surface area contributed by atoms with Crippen molar-refractivity contribution in [1.29, 1.82) is 0 Å². The number of aryl methyl sites for hydroxylation is 1. The maximum absolute atomic E-state index is 11.7. The summed E-state index contributed by atoms with van der Waals surface area (Å²) in [6.07, 6.45) is 0. The monoisotopic (exact) mass is 286 g/mol. The summed E-state index contributed by atoms with van der Waals surface area (Å²) in [6.45, 7) is 4.10. The standard InChI is InChI=1S/C12H15BrO3/c1-4-16-12(14)10-6-11(15-3)8(2)5-9(10)7-13/h5-6H,4,7H2,1-3H3. The van der Waals surface area contributed by atoms with Crippen LogP contribution in [-0.2, 0) is 10.1 Å². The van der Waals surface area contributed by atoms with Gasteiger partial charge in [-0.15, -0.1) is 0 Å². The Morgan fingerprint density at radius 3 is 2.62 bits per heavy atom. The van der Waals surface area contributed by atoms with E-state index in [1.54, 1.807) is 20.1 Å². The summed E-state index contributed by atoms with van der Waals surface area (Å²) in [6, 6.07) is 3.66. The summed E-state index contributed by atoms with van der Waals surface area (Å²) in [5, 5.41) is 0.617. The minimum absolute atomic E-state index is 0.310. The molecule has 3 nitrogen and oxygen atoms in total. The van der Waals surface area contributed by atoms with Gasteiger partial charge in [0.2, 0.25) is 0 Å². The average molecular weight is 287 g/mol. The second-order valence-electron chi connectivity index (χ2n) is 3.33. The smallest absolute Gasteiger partial charge is 0.338 e. The van der Waals surface area contributed by atoms with E-state index in [9.17, 15) is 4.79 Å². The van der Waals surface area contributed by atoms with Crippen molar-refractivity contribution < 1.29 is 14.3 Å². The van der Waals surface area contributed by atoms with Crippen molar-refractivity contribution in [1.82, 2.24) is 0 Å². The molecule has 0 aromatic heterocycles. The molecule has 0 atom stereocenters. The van der Waals surface area contributed by atoms with Crippen molar-refractivity contribution in [2.75, 3.05) is 13.7 Å². The number of carbonyl (C=O) groups is 1. The van der Waals surface area contributed by atoms with Crippen molar-refractivity contribution in [2.24, 2.45) is 0 Å². The van der Waals surface area contributed by atoms with Crippen LogP contribution in [0.5, 0.6) is 5.75 Å². The maximum atomic E-state index is 11.7. The lowest BCUT2D eigenvalue weighted by molar-refractivity contribution is 0.0525. The number of hydrogen-bond acceptors (Lipinski definition) is 3. The minimum Gasteiger partial charge on any atom is -0.496 e.